The summed E-state index contributed by atoms with van der Waals surface area (Å²) in [6.07, 6.45) is 3.30. The van der Waals surface area contributed by atoms with Crippen molar-refractivity contribution in [3.8, 4) is 6.07 Å². The van der Waals surface area contributed by atoms with Crippen molar-refractivity contribution in [2.24, 2.45) is 0 Å². The van der Waals surface area contributed by atoms with Gasteiger partial charge in [0.1, 0.15) is 5.82 Å². The van der Waals surface area contributed by atoms with Gasteiger partial charge in [-0.1, -0.05) is 0 Å². The van der Waals surface area contributed by atoms with Gasteiger partial charge in [-0.25, -0.2) is 4.98 Å². The first-order valence-corrected chi connectivity index (χ1v) is 7.62. The van der Waals surface area contributed by atoms with E-state index in [4.69, 9.17) is 21.6 Å². The minimum atomic E-state index is -0.183. The molecular weight excluding hydrogens is 286 g/mol. The lowest BCUT2D eigenvalue weighted by atomic mass is 9.80. The number of ether oxygens (including phenoxy) is 1. The maximum Gasteiger partial charge on any atom is 0.127 e. The van der Waals surface area contributed by atoms with Crippen LogP contribution in [0.25, 0.3) is 11.0 Å². The van der Waals surface area contributed by atoms with Gasteiger partial charge in [-0.3, -0.25) is 0 Å². The van der Waals surface area contributed by atoms with E-state index in [9.17, 15) is 0 Å². The van der Waals surface area contributed by atoms with Crippen LogP contribution in [0.15, 0.2) is 18.2 Å². The summed E-state index contributed by atoms with van der Waals surface area (Å²) < 4.78 is 7.85. The standard InChI is InChI=1S/C16H18ClN3O/c1-11(17)15-19-13-5-4-12(9-18)8-14(13)20(15)10-16(21-2)6-3-7-16/h4-5,8,11H,3,6-7,10H2,1-2H3. The maximum absolute atomic E-state index is 9.11. The molecular formula is C16H18ClN3O. The number of methoxy groups -OCH3 is 1. The normalized spacial score (nSPS) is 18.2. The van der Waals surface area contributed by atoms with Gasteiger partial charge in [-0.2, -0.15) is 5.26 Å². The molecule has 21 heavy (non-hydrogen) atoms. The lowest BCUT2D eigenvalue weighted by Gasteiger charge is -2.41. The molecule has 1 atom stereocenters. The number of nitrogens with zero attached hydrogens (tertiary/aromatic N) is 3. The molecule has 4 nitrogen and oxygen atoms in total. The average Bonchev–Trinajstić information content (AvgIpc) is 2.80. The fourth-order valence-electron chi connectivity index (χ4n) is 2.97. The Morgan fingerprint density at radius 1 is 1.52 bits per heavy atom. The zero-order chi connectivity index (χ0) is 15.0. The largest absolute Gasteiger partial charge is 0.376 e. The lowest BCUT2D eigenvalue weighted by Crippen LogP contribution is -2.43. The van der Waals surface area contributed by atoms with Crippen LogP contribution in [0.4, 0.5) is 0 Å². The molecule has 1 heterocycles. The molecule has 0 spiro atoms. The molecule has 0 saturated heterocycles. The molecule has 0 aliphatic heterocycles. The Morgan fingerprint density at radius 2 is 2.29 bits per heavy atom. The molecule has 0 radical (unpaired) electrons. The maximum atomic E-state index is 9.11. The Bertz CT molecular complexity index is 705. The second-order valence-corrected chi connectivity index (χ2v) is 6.38. The second kappa shape index (κ2) is 5.32. The molecule has 2 aromatic rings. The number of nitriles is 1. The molecule has 1 aromatic carbocycles. The average molecular weight is 304 g/mol. The van der Waals surface area contributed by atoms with Crippen LogP contribution in [0.2, 0.25) is 0 Å². The zero-order valence-corrected chi connectivity index (χ0v) is 13.0. The molecule has 5 heteroatoms. The number of benzene rings is 1. The summed E-state index contributed by atoms with van der Waals surface area (Å²) in [6.45, 7) is 2.66. The molecule has 0 amide bonds. The van der Waals surface area contributed by atoms with E-state index in [1.807, 2.05) is 19.1 Å². The summed E-state index contributed by atoms with van der Waals surface area (Å²) in [6, 6.07) is 7.74. The van der Waals surface area contributed by atoms with E-state index in [-0.39, 0.29) is 11.0 Å². The van der Waals surface area contributed by atoms with E-state index in [0.717, 1.165) is 36.2 Å². The van der Waals surface area contributed by atoms with Crippen LogP contribution in [0, 0.1) is 11.3 Å². The predicted octanol–water partition coefficient (Wildman–Crippen LogP) is 3.78. The summed E-state index contributed by atoms with van der Waals surface area (Å²) >= 11 is 6.30. The first-order chi connectivity index (χ1) is 10.1. The van der Waals surface area contributed by atoms with Crippen molar-refractivity contribution >= 4 is 22.6 Å². The highest BCUT2D eigenvalue weighted by Crippen LogP contribution is 2.38. The molecule has 1 fully saturated rings. The Balaban J connectivity index is 2.13. The minimum Gasteiger partial charge on any atom is -0.376 e. The van der Waals surface area contributed by atoms with Crippen LogP contribution >= 0.6 is 11.6 Å². The highest BCUT2D eigenvalue weighted by molar-refractivity contribution is 6.20. The van der Waals surface area contributed by atoms with Crippen LogP contribution in [0.5, 0.6) is 0 Å². The highest BCUT2D eigenvalue weighted by Gasteiger charge is 2.38. The molecule has 1 aromatic heterocycles. The van der Waals surface area contributed by atoms with Crippen LogP contribution in [-0.4, -0.2) is 22.3 Å². The van der Waals surface area contributed by atoms with Gasteiger partial charge in [-0.05, 0) is 44.4 Å². The third-order valence-electron chi connectivity index (χ3n) is 4.41. The first-order valence-electron chi connectivity index (χ1n) is 7.18. The summed E-state index contributed by atoms with van der Waals surface area (Å²) in [4.78, 5) is 4.63. The third kappa shape index (κ3) is 2.41. The van der Waals surface area contributed by atoms with E-state index in [0.29, 0.717) is 5.56 Å². The first kappa shape index (κ1) is 14.4. The van der Waals surface area contributed by atoms with E-state index in [1.54, 1.807) is 13.2 Å². The van der Waals surface area contributed by atoms with Crippen molar-refractivity contribution in [2.45, 2.75) is 43.7 Å². The fraction of sp³-hybridized carbons (Fsp3) is 0.500. The summed E-state index contributed by atoms with van der Waals surface area (Å²) in [5, 5.41) is 8.93. The molecule has 1 aliphatic carbocycles. The van der Waals surface area contributed by atoms with Gasteiger partial charge >= 0.3 is 0 Å². The smallest absolute Gasteiger partial charge is 0.127 e. The predicted molar refractivity (Wildman–Crippen MR) is 82.3 cm³/mol. The molecule has 3 rings (SSSR count). The number of imidazole rings is 1. The van der Waals surface area contributed by atoms with Gasteiger partial charge in [0.05, 0.1) is 40.2 Å². The summed E-state index contributed by atoms with van der Waals surface area (Å²) in [7, 11) is 1.77. The number of halogens is 1. The number of hydrogen-bond donors (Lipinski definition) is 0. The van der Waals surface area contributed by atoms with E-state index in [2.05, 4.69) is 15.6 Å². The van der Waals surface area contributed by atoms with Gasteiger partial charge in [0, 0.05) is 7.11 Å². The van der Waals surface area contributed by atoms with Crippen molar-refractivity contribution < 1.29 is 4.74 Å². The van der Waals surface area contributed by atoms with Crippen LogP contribution in [-0.2, 0) is 11.3 Å². The highest BCUT2D eigenvalue weighted by atomic mass is 35.5. The Labute approximate surface area is 129 Å². The van der Waals surface area contributed by atoms with Gasteiger partial charge in [0.15, 0.2) is 0 Å². The number of fused-ring (bicyclic) bond motifs is 1. The number of rotatable bonds is 4. The van der Waals surface area contributed by atoms with Crippen molar-refractivity contribution in [3.05, 3.63) is 29.6 Å². The van der Waals surface area contributed by atoms with Crippen molar-refractivity contribution in [2.75, 3.05) is 7.11 Å². The number of alkyl halides is 1. The van der Waals surface area contributed by atoms with E-state index in [1.165, 1.54) is 6.42 Å². The second-order valence-electron chi connectivity index (χ2n) is 5.73. The summed E-state index contributed by atoms with van der Waals surface area (Å²) in [5.41, 5.74) is 2.36. The minimum absolute atomic E-state index is 0.114. The van der Waals surface area contributed by atoms with E-state index >= 15 is 0 Å². The Hall–Kier alpha value is -1.57. The topological polar surface area (TPSA) is 50.8 Å². The van der Waals surface area contributed by atoms with E-state index < -0.39 is 0 Å². The van der Waals surface area contributed by atoms with Crippen molar-refractivity contribution in [1.29, 1.82) is 5.26 Å². The molecule has 1 aliphatic rings. The van der Waals surface area contributed by atoms with Crippen LogP contribution < -0.4 is 0 Å². The zero-order valence-electron chi connectivity index (χ0n) is 12.3. The van der Waals surface area contributed by atoms with Gasteiger partial charge < -0.3 is 9.30 Å². The molecule has 110 valence electrons. The SMILES string of the molecule is COC1(Cn2c(C(C)Cl)nc3ccc(C#N)cc32)CCC1. The van der Waals surface area contributed by atoms with Crippen LogP contribution in [0.1, 0.15) is 43.0 Å². The number of hydrogen-bond acceptors (Lipinski definition) is 3. The van der Waals surface area contributed by atoms with Gasteiger partial charge in [0.25, 0.3) is 0 Å². The van der Waals surface area contributed by atoms with Crippen molar-refractivity contribution in [3.63, 3.8) is 0 Å². The lowest BCUT2D eigenvalue weighted by molar-refractivity contribution is -0.0832. The molecule has 0 N–H and O–H groups in total. The summed E-state index contributed by atoms with van der Waals surface area (Å²) in [5.74, 6) is 0.838. The van der Waals surface area contributed by atoms with Gasteiger partial charge in [0.2, 0.25) is 0 Å². The fourth-order valence-corrected chi connectivity index (χ4v) is 3.13. The number of aromatic nitrogens is 2. The van der Waals surface area contributed by atoms with Crippen LogP contribution in [0.3, 0.4) is 0 Å². The third-order valence-corrected chi connectivity index (χ3v) is 4.60. The molecule has 0 bridgehead atoms. The molecule has 1 saturated carbocycles. The quantitative estimate of drug-likeness (QED) is 0.808. The monoisotopic (exact) mass is 303 g/mol. The Morgan fingerprint density at radius 3 is 2.81 bits per heavy atom. The van der Waals surface area contributed by atoms with Crippen molar-refractivity contribution in [1.82, 2.24) is 9.55 Å². The molecule has 1 unspecified atom stereocenters. The van der Waals surface area contributed by atoms with Gasteiger partial charge in [-0.15, -0.1) is 11.6 Å². The Kier molecular flexibility index (Phi) is 3.64.